The molecule has 0 amide bonds. The first-order chi connectivity index (χ1) is 35.8. The van der Waals surface area contributed by atoms with E-state index in [4.69, 9.17) is 0 Å². The van der Waals surface area contributed by atoms with Crippen LogP contribution in [0.5, 0.6) is 0 Å². The van der Waals surface area contributed by atoms with E-state index in [1.807, 2.05) is 5.57 Å². The zero-order valence-electron chi connectivity index (χ0n) is 47.6. The number of rotatable bonds is 9. The largest absolute Gasteiger partial charge is 0.0817 e. The van der Waals surface area contributed by atoms with Crippen LogP contribution in [0.4, 0.5) is 0 Å². The van der Waals surface area contributed by atoms with Crippen LogP contribution in [0.15, 0.2) is 11.6 Å². The maximum atomic E-state index is 3.05. The summed E-state index contributed by atoms with van der Waals surface area (Å²) < 4.78 is 0. The molecule has 406 valence electrons. The Morgan fingerprint density at radius 1 is 0.194 bits per heavy atom. The molecule has 0 aromatic heterocycles. The summed E-state index contributed by atoms with van der Waals surface area (Å²) in [6, 6.07) is 0. The molecule has 0 heteroatoms. The van der Waals surface area contributed by atoms with Crippen molar-refractivity contribution in [3.8, 4) is 0 Å². The molecule has 0 saturated heterocycles. The second-order valence-corrected chi connectivity index (χ2v) is 31.1. The zero-order chi connectivity index (χ0) is 47.8. The van der Waals surface area contributed by atoms with Crippen molar-refractivity contribution in [1.82, 2.24) is 0 Å². The van der Waals surface area contributed by atoms with Gasteiger partial charge in [-0.3, -0.25) is 0 Å². The second-order valence-electron chi connectivity index (χ2n) is 31.1. The molecule has 0 spiro atoms. The lowest BCUT2D eigenvalue weighted by molar-refractivity contribution is -0.179. The quantitative estimate of drug-likeness (QED) is 0.202. The average Bonchev–Trinajstić information content (AvgIpc) is 3.46. The lowest BCUT2D eigenvalue weighted by atomic mass is 9.39. The highest BCUT2D eigenvalue weighted by Gasteiger charge is 2.62. The van der Waals surface area contributed by atoms with Crippen LogP contribution in [-0.4, -0.2) is 0 Å². The van der Waals surface area contributed by atoms with Gasteiger partial charge in [0, 0.05) is 0 Å². The second kappa shape index (κ2) is 24.0. The molecule has 0 aromatic rings. The fourth-order valence-corrected chi connectivity index (χ4v) is 25.9. The van der Waals surface area contributed by atoms with Crippen molar-refractivity contribution >= 4 is 0 Å². The number of fused-ring (bicyclic) bond motifs is 4. The molecule has 13 aliphatic carbocycles. The smallest absolute Gasteiger partial charge is 0.0200 e. The summed E-state index contributed by atoms with van der Waals surface area (Å²) in [7, 11) is 0. The van der Waals surface area contributed by atoms with Gasteiger partial charge < -0.3 is 0 Å². The predicted octanol–water partition coefficient (Wildman–Crippen LogP) is 21.6. The standard InChI is InChI=1S/C72H118/c1-6-24-50(25-7-1)65(51-26-8-2-9-27-51)46-49-42-44-55(45-43-49)68-57-34-16-20-38-61(57)71(62-39-21-17-35-58(62)68)72-63-40-22-18-36-59(63)70(60-37-19-23-41-64(60)72)56-47-66(52-28-10-3-11-29-52)69(54-32-14-5-15-33-54)67(48-56)53-30-12-4-13-31-53/h46,49-64,66-72H,1-45,47-48H2. The lowest BCUT2D eigenvalue weighted by Gasteiger charge is -2.66. The summed E-state index contributed by atoms with van der Waals surface area (Å²) in [6.45, 7) is 0. The van der Waals surface area contributed by atoms with Crippen LogP contribution in [0.2, 0.25) is 0 Å². The maximum Gasteiger partial charge on any atom is -0.0200 e. The van der Waals surface area contributed by atoms with Crippen LogP contribution in [0.1, 0.15) is 302 Å². The Morgan fingerprint density at radius 3 is 0.819 bits per heavy atom. The monoisotopic (exact) mass is 983 g/mol. The Labute approximate surface area is 447 Å². The topological polar surface area (TPSA) is 0 Å². The van der Waals surface area contributed by atoms with Crippen LogP contribution < -0.4 is 0 Å². The minimum atomic E-state index is 0.917. The van der Waals surface area contributed by atoms with E-state index >= 15 is 0 Å². The Hall–Kier alpha value is -0.260. The summed E-state index contributed by atoms with van der Waals surface area (Å²) in [5.74, 6) is 24.9. The van der Waals surface area contributed by atoms with Crippen molar-refractivity contribution in [3.05, 3.63) is 11.6 Å². The third kappa shape index (κ3) is 10.4. The fourth-order valence-electron chi connectivity index (χ4n) is 25.9. The van der Waals surface area contributed by atoms with Crippen LogP contribution >= 0.6 is 0 Å². The average molecular weight is 984 g/mol. The number of allylic oxidation sites excluding steroid dienone is 2. The maximum absolute atomic E-state index is 3.05. The van der Waals surface area contributed by atoms with Gasteiger partial charge in [0.15, 0.2) is 0 Å². The third-order valence-electron chi connectivity index (χ3n) is 28.2. The Bertz CT molecular complexity index is 1580. The molecule has 10 unspecified atom stereocenters. The van der Waals surface area contributed by atoms with Gasteiger partial charge in [0.05, 0.1) is 0 Å². The van der Waals surface area contributed by atoms with Crippen molar-refractivity contribution < 1.29 is 0 Å². The first-order valence-corrected chi connectivity index (χ1v) is 35.5. The summed E-state index contributed by atoms with van der Waals surface area (Å²) >= 11 is 0. The SMILES string of the molecule is C(=C(C1CCCCC1)C1CCCCC1)C1CCC(C2C3CCCCC3C(C3C4CCCCC4C(C4CC(C5CCCCC5)C(C5CCCCC5)C(C5CCCCC5)C4)C4CCCCC43)C3CCCCC32)CC1. The Kier molecular flexibility index (Phi) is 17.1. The highest BCUT2D eigenvalue weighted by atomic mass is 14.7. The fraction of sp³-hybridized carbons (Fsp3) is 0.972. The van der Waals surface area contributed by atoms with Crippen molar-refractivity contribution in [2.24, 2.45) is 136 Å². The predicted molar refractivity (Wildman–Crippen MR) is 305 cm³/mol. The van der Waals surface area contributed by atoms with Gasteiger partial charge in [-0.05, 0) is 252 Å². The van der Waals surface area contributed by atoms with Gasteiger partial charge in [-0.2, -0.15) is 0 Å². The molecule has 13 fully saturated rings. The van der Waals surface area contributed by atoms with Crippen LogP contribution in [0.25, 0.3) is 0 Å². The van der Waals surface area contributed by atoms with E-state index in [0.29, 0.717) is 0 Å². The molecule has 0 nitrogen and oxygen atoms in total. The first-order valence-electron chi connectivity index (χ1n) is 35.5. The van der Waals surface area contributed by atoms with Crippen molar-refractivity contribution in [2.45, 2.75) is 302 Å². The van der Waals surface area contributed by atoms with E-state index < -0.39 is 0 Å². The molecule has 0 heterocycles. The van der Waals surface area contributed by atoms with E-state index in [2.05, 4.69) is 6.08 Å². The summed E-state index contributed by atoms with van der Waals surface area (Å²) in [6.07, 6.45) is 77.9. The Balaban J connectivity index is 0.791. The molecule has 0 N–H and O–H groups in total. The van der Waals surface area contributed by atoms with Crippen LogP contribution in [0.3, 0.4) is 0 Å². The highest BCUT2D eigenvalue weighted by molar-refractivity contribution is 5.16. The summed E-state index contributed by atoms with van der Waals surface area (Å²) in [4.78, 5) is 0. The number of hydrogen-bond donors (Lipinski definition) is 0. The molecule has 13 rings (SSSR count). The van der Waals surface area contributed by atoms with Gasteiger partial charge in [0.2, 0.25) is 0 Å². The highest BCUT2D eigenvalue weighted by Crippen LogP contribution is 2.69. The van der Waals surface area contributed by atoms with Gasteiger partial charge in [0.1, 0.15) is 0 Å². The van der Waals surface area contributed by atoms with Crippen molar-refractivity contribution in [1.29, 1.82) is 0 Å². The van der Waals surface area contributed by atoms with Gasteiger partial charge in [0.25, 0.3) is 0 Å². The number of hydrogen-bond acceptors (Lipinski definition) is 0. The molecule has 13 aliphatic rings. The molecule has 0 aromatic carbocycles. The molecule has 72 heavy (non-hydrogen) atoms. The van der Waals surface area contributed by atoms with E-state index in [-0.39, 0.29) is 0 Å². The molecular formula is C72H118. The molecule has 0 radical (unpaired) electrons. The molecule has 13 saturated carbocycles. The van der Waals surface area contributed by atoms with Crippen molar-refractivity contribution in [2.75, 3.05) is 0 Å². The molecule has 0 bridgehead atoms. The van der Waals surface area contributed by atoms with E-state index in [0.717, 1.165) is 136 Å². The van der Waals surface area contributed by atoms with Gasteiger partial charge >= 0.3 is 0 Å². The first kappa shape index (κ1) is 51.2. The Morgan fingerprint density at radius 2 is 0.458 bits per heavy atom. The van der Waals surface area contributed by atoms with Gasteiger partial charge in [-0.15, -0.1) is 0 Å². The molecule has 10 atom stereocenters. The normalized spacial score (nSPS) is 46.8. The van der Waals surface area contributed by atoms with Gasteiger partial charge in [-0.25, -0.2) is 0 Å². The summed E-state index contributed by atoms with van der Waals surface area (Å²) in [5.41, 5.74) is 2.04. The summed E-state index contributed by atoms with van der Waals surface area (Å²) in [5, 5.41) is 0. The van der Waals surface area contributed by atoms with E-state index in [9.17, 15) is 0 Å². The zero-order valence-corrected chi connectivity index (χ0v) is 47.6. The molecule has 0 aliphatic heterocycles. The minimum absolute atomic E-state index is 0.917. The third-order valence-corrected chi connectivity index (χ3v) is 28.2. The van der Waals surface area contributed by atoms with Crippen LogP contribution in [0, 0.1) is 136 Å². The van der Waals surface area contributed by atoms with E-state index in [1.54, 1.807) is 238 Å². The van der Waals surface area contributed by atoms with E-state index in [1.165, 1.54) is 64.2 Å². The van der Waals surface area contributed by atoms with Crippen molar-refractivity contribution in [3.63, 3.8) is 0 Å². The lowest BCUT2D eigenvalue weighted by Crippen LogP contribution is -2.60. The molecular weight excluding hydrogens is 865 g/mol. The minimum Gasteiger partial charge on any atom is -0.0817 e. The van der Waals surface area contributed by atoms with Gasteiger partial charge in [-0.1, -0.05) is 198 Å². The van der Waals surface area contributed by atoms with Crippen LogP contribution in [-0.2, 0) is 0 Å².